The molecule has 0 heterocycles. The van der Waals surface area contributed by atoms with Crippen LogP contribution >= 0.6 is 0 Å². The van der Waals surface area contributed by atoms with Crippen molar-refractivity contribution in [1.29, 1.82) is 0 Å². The van der Waals surface area contributed by atoms with Crippen molar-refractivity contribution in [2.75, 3.05) is 19.6 Å². The van der Waals surface area contributed by atoms with Crippen LogP contribution in [0.3, 0.4) is 0 Å². The molecule has 0 saturated carbocycles. The highest BCUT2D eigenvalue weighted by Crippen LogP contribution is 2.35. The lowest BCUT2D eigenvalue weighted by Gasteiger charge is -2.27. The highest BCUT2D eigenvalue weighted by Gasteiger charge is 2.28. The zero-order valence-corrected chi connectivity index (χ0v) is 16.1. The van der Waals surface area contributed by atoms with Crippen LogP contribution in [0.5, 0.6) is 5.75 Å². The van der Waals surface area contributed by atoms with E-state index in [0.29, 0.717) is 19.5 Å². The van der Waals surface area contributed by atoms with E-state index in [1.54, 1.807) is 12.1 Å². The first-order valence-corrected chi connectivity index (χ1v) is 9.62. The first-order chi connectivity index (χ1) is 14.1. The molecule has 1 atom stereocenters. The molecule has 4 nitrogen and oxygen atoms in total. The molecular weight excluding hydrogens is 374 g/mol. The van der Waals surface area contributed by atoms with E-state index in [0.717, 1.165) is 18.4 Å². The molecule has 0 aliphatic heterocycles. The molecule has 3 rings (SSSR count). The Bertz CT molecular complexity index is 862. The smallest absolute Gasteiger partial charge is 0.387 e. The van der Waals surface area contributed by atoms with Gasteiger partial charge in [0.15, 0.2) is 0 Å². The van der Waals surface area contributed by atoms with Gasteiger partial charge in [0, 0.05) is 12.6 Å². The molecular formula is C23H24F2N2O2. The zero-order chi connectivity index (χ0) is 20.6. The van der Waals surface area contributed by atoms with E-state index in [1.165, 1.54) is 23.3 Å². The van der Waals surface area contributed by atoms with Crippen molar-refractivity contribution in [3.63, 3.8) is 0 Å². The summed E-state index contributed by atoms with van der Waals surface area (Å²) in [6.07, 6.45) is 8.08. The number of ether oxygens (including phenoxy) is 1. The summed E-state index contributed by atoms with van der Waals surface area (Å²) in [5, 5.41) is 2.91. The molecule has 2 aromatic carbocycles. The molecule has 1 unspecified atom stereocenters. The second kappa shape index (κ2) is 10.0. The van der Waals surface area contributed by atoms with Crippen LogP contribution in [0.4, 0.5) is 8.78 Å². The lowest BCUT2D eigenvalue weighted by Crippen LogP contribution is -2.39. The number of alkyl halides is 2. The molecule has 1 amide bonds. The van der Waals surface area contributed by atoms with E-state index in [-0.39, 0.29) is 24.2 Å². The summed E-state index contributed by atoms with van der Waals surface area (Å²) in [5.74, 6) is 2.70. The van der Waals surface area contributed by atoms with Crippen LogP contribution < -0.4 is 10.1 Å². The van der Waals surface area contributed by atoms with Crippen molar-refractivity contribution in [2.45, 2.75) is 31.9 Å². The standard InChI is InChI=1S/C23H24F2N2O2/c1-2-15-27(21-12-9-18-5-3-4-6-20(18)21)16-22(28)26-14-13-17-7-10-19(11-8-17)29-23(24)25/h1,3-8,10-11,21,23H,9,12-16H2,(H,26,28). The maximum atomic E-state index is 12.4. The highest BCUT2D eigenvalue weighted by atomic mass is 19.3. The largest absolute Gasteiger partial charge is 0.435 e. The van der Waals surface area contributed by atoms with E-state index in [2.05, 4.69) is 28.1 Å². The molecule has 1 N–H and O–H groups in total. The molecule has 6 heteroatoms. The van der Waals surface area contributed by atoms with E-state index < -0.39 is 6.61 Å². The van der Waals surface area contributed by atoms with Crippen molar-refractivity contribution in [1.82, 2.24) is 10.2 Å². The zero-order valence-electron chi connectivity index (χ0n) is 16.1. The number of carbonyl (C=O) groups excluding carboxylic acids is 1. The minimum Gasteiger partial charge on any atom is -0.435 e. The van der Waals surface area contributed by atoms with Crippen LogP contribution in [-0.4, -0.2) is 37.1 Å². The van der Waals surface area contributed by atoms with Gasteiger partial charge in [-0.25, -0.2) is 0 Å². The van der Waals surface area contributed by atoms with Crippen molar-refractivity contribution in [2.24, 2.45) is 0 Å². The third-order valence-corrected chi connectivity index (χ3v) is 5.07. The van der Waals surface area contributed by atoms with E-state index >= 15 is 0 Å². The number of aryl methyl sites for hydroxylation is 1. The fourth-order valence-corrected chi connectivity index (χ4v) is 3.73. The van der Waals surface area contributed by atoms with Gasteiger partial charge in [0.1, 0.15) is 5.75 Å². The Hall–Kier alpha value is -2.91. The third-order valence-electron chi connectivity index (χ3n) is 5.07. The first kappa shape index (κ1) is 20.8. The van der Waals surface area contributed by atoms with Crippen molar-refractivity contribution in [3.8, 4) is 18.1 Å². The molecule has 0 aromatic heterocycles. The maximum absolute atomic E-state index is 12.4. The van der Waals surface area contributed by atoms with Gasteiger partial charge in [-0.05, 0) is 48.1 Å². The Balaban J connectivity index is 1.49. The average Bonchev–Trinajstić information content (AvgIpc) is 3.13. The summed E-state index contributed by atoms with van der Waals surface area (Å²) in [6, 6.07) is 14.9. The van der Waals surface area contributed by atoms with Gasteiger partial charge in [0.2, 0.25) is 5.91 Å². The van der Waals surface area contributed by atoms with E-state index in [9.17, 15) is 13.6 Å². The lowest BCUT2D eigenvalue weighted by molar-refractivity contribution is -0.122. The fourth-order valence-electron chi connectivity index (χ4n) is 3.73. The van der Waals surface area contributed by atoms with Crippen LogP contribution in [0.2, 0.25) is 0 Å². The quantitative estimate of drug-likeness (QED) is 0.657. The van der Waals surface area contributed by atoms with Gasteiger partial charge in [0.05, 0.1) is 13.1 Å². The number of fused-ring (bicyclic) bond motifs is 1. The van der Waals surface area contributed by atoms with Crippen LogP contribution in [0.25, 0.3) is 0 Å². The third kappa shape index (κ3) is 5.78. The van der Waals surface area contributed by atoms with Crippen molar-refractivity contribution >= 4 is 5.91 Å². The Labute approximate surface area is 169 Å². The van der Waals surface area contributed by atoms with Gasteiger partial charge in [-0.1, -0.05) is 42.3 Å². The number of carbonyl (C=O) groups is 1. The second-order valence-electron chi connectivity index (χ2n) is 6.98. The van der Waals surface area contributed by atoms with Gasteiger partial charge in [0.25, 0.3) is 0 Å². The monoisotopic (exact) mass is 398 g/mol. The molecule has 0 saturated heterocycles. The van der Waals surface area contributed by atoms with Gasteiger partial charge in [-0.3, -0.25) is 9.69 Å². The Morgan fingerprint density at radius 1 is 1.24 bits per heavy atom. The van der Waals surface area contributed by atoms with Crippen LogP contribution in [-0.2, 0) is 17.6 Å². The minimum absolute atomic E-state index is 0.0812. The van der Waals surface area contributed by atoms with Crippen molar-refractivity contribution in [3.05, 3.63) is 65.2 Å². The molecule has 2 aromatic rings. The van der Waals surface area contributed by atoms with Crippen LogP contribution in [0.1, 0.15) is 29.2 Å². The fraction of sp³-hybridized carbons (Fsp3) is 0.348. The topological polar surface area (TPSA) is 41.6 Å². The summed E-state index contributed by atoms with van der Waals surface area (Å²) >= 11 is 0. The molecule has 0 bridgehead atoms. The molecule has 0 fully saturated rings. The number of terminal acetylenes is 1. The number of nitrogens with one attached hydrogen (secondary N) is 1. The summed E-state index contributed by atoms with van der Waals surface area (Å²) in [5.41, 5.74) is 3.50. The molecule has 0 spiro atoms. The number of rotatable bonds is 9. The number of hydrogen-bond donors (Lipinski definition) is 1. The Morgan fingerprint density at radius 3 is 2.72 bits per heavy atom. The highest BCUT2D eigenvalue weighted by molar-refractivity contribution is 5.78. The minimum atomic E-state index is -2.84. The number of halogens is 2. The van der Waals surface area contributed by atoms with Crippen LogP contribution in [0.15, 0.2) is 48.5 Å². The maximum Gasteiger partial charge on any atom is 0.387 e. The normalized spacial score (nSPS) is 15.2. The van der Waals surface area contributed by atoms with E-state index in [1.807, 2.05) is 17.0 Å². The van der Waals surface area contributed by atoms with Gasteiger partial charge >= 0.3 is 6.61 Å². The number of benzene rings is 2. The second-order valence-corrected chi connectivity index (χ2v) is 6.98. The van der Waals surface area contributed by atoms with Gasteiger partial charge < -0.3 is 10.1 Å². The number of amides is 1. The Kier molecular flexibility index (Phi) is 7.20. The van der Waals surface area contributed by atoms with Crippen LogP contribution in [0, 0.1) is 12.3 Å². The van der Waals surface area contributed by atoms with Crippen molar-refractivity contribution < 1.29 is 18.3 Å². The molecule has 1 aliphatic rings. The first-order valence-electron chi connectivity index (χ1n) is 9.62. The molecule has 1 aliphatic carbocycles. The SMILES string of the molecule is C#CCN(CC(=O)NCCc1ccc(OC(F)F)cc1)C1CCc2ccccc21. The predicted octanol–water partition coefficient (Wildman–Crippen LogP) is 3.57. The van der Waals surface area contributed by atoms with Gasteiger partial charge in [-0.2, -0.15) is 8.78 Å². The summed E-state index contributed by atoms with van der Waals surface area (Å²) in [4.78, 5) is 14.5. The average molecular weight is 398 g/mol. The number of nitrogens with zero attached hydrogens (tertiary/aromatic N) is 1. The molecule has 152 valence electrons. The van der Waals surface area contributed by atoms with Gasteiger partial charge in [-0.15, -0.1) is 6.42 Å². The number of hydrogen-bond acceptors (Lipinski definition) is 3. The van der Waals surface area contributed by atoms with E-state index in [4.69, 9.17) is 6.42 Å². The lowest BCUT2D eigenvalue weighted by atomic mass is 10.1. The molecule has 29 heavy (non-hydrogen) atoms. The summed E-state index contributed by atoms with van der Waals surface area (Å²) in [7, 11) is 0. The Morgan fingerprint density at radius 2 is 2.00 bits per heavy atom. The summed E-state index contributed by atoms with van der Waals surface area (Å²) in [6.45, 7) is -1.72. The molecule has 0 radical (unpaired) electrons. The predicted molar refractivity (Wildman–Crippen MR) is 108 cm³/mol. The summed E-state index contributed by atoms with van der Waals surface area (Å²) < 4.78 is 28.7.